The highest BCUT2D eigenvalue weighted by atomic mass is 16.5. The summed E-state index contributed by atoms with van der Waals surface area (Å²) in [6.45, 7) is 1.96. The molecule has 0 amide bonds. The predicted molar refractivity (Wildman–Crippen MR) is 80.9 cm³/mol. The maximum atomic E-state index is 5.95. The molecule has 20 heavy (non-hydrogen) atoms. The first-order chi connectivity index (χ1) is 9.74. The fraction of sp³-hybridized carbons (Fsp3) is 0.118. The van der Waals surface area contributed by atoms with Gasteiger partial charge in [-0.1, -0.05) is 18.2 Å². The van der Waals surface area contributed by atoms with Gasteiger partial charge < -0.3 is 10.5 Å². The van der Waals surface area contributed by atoms with E-state index in [-0.39, 0.29) is 6.04 Å². The van der Waals surface area contributed by atoms with Gasteiger partial charge in [-0.05, 0) is 48.9 Å². The molecule has 0 saturated carbocycles. The predicted octanol–water partition coefficient (Wildman–Crippen LogP) is 4.05. The zero-order valence-corrected chi connectivity index (χ0v) is 11.3. The summed E-state index contributed by atoms with van der Waals surface area (Å²) in [6.07, 6.45) is 1.78. The highest BCUT2D eigenvalue weighted by Gasteiger charge is 2.04. The Kier molecular flexibility index (Phi) is 3.35. The lowest BCUT2D eigenvalue weighted by Crippen LogP contribution is -2.04. The Morgan fingerprint density at radius 2 is 1.80 bits per heavy atom. The van der Waals surface area contributed by atoms with Crippen molar-refractivity contribution < 1.29 is 4.74 Å². The van der Waals surface area contributed by atoms with Crippen molar-refractivity contribution in [1.82, 2.24) is 4.98 Å². The van der Waals surface area contributed by atoms with Crippen LogP contribution in [-0.4, -0.2) is 4.98 Å². The Hall–Kier alpha value is -2.39. The second-order valence-electron chi connectivity index (χ2n) is 4.79. The van der Waals surface area contributed by atoms with Gasteiger partial charge in [0, 0.05) is 17.6 Å². The van der Waals surface area contributed by atoms with Crippen molar-refractivity contribution in [2.24, 2.45) is 5.73 Å². The zero-order chi connectivity index (χ0) is 13.9. The van der Waals surface area contributed by atoms with Crippen LogP contribution in [0.25, 0.3) is 10.9 Å². The number of rotatable bonds is 3. The number of benzene rings is 2. The fourth-order valence-corrected chi connectivity index (χ4v) is 2.13. The molecule has 2 N–H and O–H groups in total. The van der Waals surface area contributed by atoms with Gasteiger partial charge in [0.1, 0.15) is 11.5 Å². The number of fused-ring (bicyclic) bond motifs is 1. The minimum absolute atomic E-state index is 0.0332. The van der Waals surface area contributed by atoms with Crippen molar-refractivity contribution in [3.8, 4) is 11.5 Å². The molecule has 0 fully saturated rings. The molecule has 2 aromatic carbocycles. The lowest BCUT2D eigenvalue weighted by Gasteiger charge is -2.10. The van der Waals surface area contributed by atoms with Gasteiger partial charge in [0.15, 0.2) is 0 Å². The number of aromatic nitrogens is 1. The van der Waals surface area contributed by atoms with Gasteiger partial charge in [0.25, 0.3) is 0 Å². The molecule has 1 atom stereocenters. The molecular formula is C17H16N2O. The second-order valence-corrected chi connectivity index (χ2v) is 4.79. The molecule has 0 spiro atoms. The van der Waals surface area contributed by atoms with E-state index >= 15 is 0 Å². The van der Waals surface area contributed by atoms with Crippen molar-refractivity contribution in [2.45, 2.75) is 13.0 Å². The average molecular weight is 264 g/mol. The van der Waals surface area contributed by atoms with Crippen LogP contribution in [-0.2, 0) is 0 Å². The van der Waals surface area contributed by atoms with E-state index in [1.54, 1.807) is 6.20 Å². The number of hydrogen-bond donors (Lipinski definition) is 1. The molecule has 3 aromatic rings. The topological polar surface area (TPSA) is 48.1 Å². The van der Waals surface area contributed by atoms with Gasteiger partial charge in [0.2, 0.25) is 0 Å². The van der Waals surface area contributed by atoms with Crippen LogP contribution in [0.1, 0.15) is 18.5 Å². The molecule has 0 bridgehead atoms. The van der Waals surface area contributed by atoms with E-state index in [1.165, 1.54) is 0 Å². The number of pyridine rings is 1. The largest absolute Gasteiger partial charge is 0.457 e. The van der Waals surface area contributed by atoms with Crippen molar-refractivity contribution in [3.63, 3.8) is 0 Å². The van der Waals surface area contributed by atoms with Crippen molar-refractivity contribution in [3.05, 3.63) is 66.4 Å². The maximum Gasteiger partial charge on any atom is 0.136 e. The van der Waals surface area contributed by atoms with E-state index in [0.717, 1.165) is 28.0 Å². The molecule has 1 heterocycles. The van der Waals surface area contributed by atoms with E-state index < -0.39 is 0 Å². The molecule has 0 aliphatic rings. The SMILES string of the molecule is CC(N)c1ccc(Oc2cccc3ncccc23)cc1. The van der Waals surface area contributed by atoms with Crippen LogP contribution in [0, 0.1) is 0 Å². The summed E-state index contributed by atoms with van der Waals surface area (Å²) < 4.78 is 5.95. The van der Waals surface area contributed by atoms with E-state index in [9.17, 15) is 0 Å². The number of nitrogens with zero attached hydrogens (tertiary/aromatic N) is 1. The lowest BCUT2D eigenvalue weighted by molar-refractivity contribution is 0.488. The third-order valence-corrected chi connectivity index (χ3v) is 3.24. The minimum atomic E-state index is 0.0332. The molecule has 3 heteroatoms. The molecule has 0 saturated heterocycles. The van der Waals surface area contributed by atoms with Crippen LogP contribution >= 0.6 is 0 Å². The first kappa shape index (κ1) is 12.6. The van der Waals surface area contributed by atoms with Gasteiger partial charge in [-0.2, -0.15) is 0 Å². The number of hydrogen-bond acceptors (Lipinski definition) is 3. The van der Waals surface area contributed by atoms with Gasteiger partial charge in [-0.3, -0.25) is 4.98 Å². The van der Waals surface area contributed by atoms with Gasteiger partial charge in [-0.25, -0.2) is 0 Å². The first-order valence-corrected chi connectivity index (χ1v) is 6.61. The Balaban J connectivity index is 1.93. The quantitative estimate of drug-likeness (QED) is 0.776. The van der Waals surface area contributed by atoms with Crippen LogP contribution < -0.4 is 10.5 Å². The standard InChI is InChI=1S/C17H16N2O/c1-12(18)13-7-9-14(10-8-13)20-17-6-2-5-16-15(17)4-3-11-19-16/h2-12H,18H2,1H3. The summed E-state index contributed by atoms with van der Waals surface area (Å²) >= 11 is 0. The summed E-state index contributed by atoms with van der Waals surface area (Å²) in [7, 11) is 0. The Morgan fingerprint density at radius 3 is 2.55 bits per heavy atom. The molecule has 0 aliphatic heterocycles. The van der Waals surface area contributed by atoms with Crippen molar-refractivity contribution in [2.75, 3.05) is 0 Å². The Morgan fingerprint density at radius 1 is 1.00 bits per heavy atom. The van der Waals surface area contributed by atoms with E-state index in [4.69, 9.17) is 10.5 Å². The Bertz CT molecular complexity index is 715. The third-order valence-electron chi connectivity index (χ3n) is 3.24. The summed E-state index contributed by atoms with van der Waals surface area (Å²) in [4.78, 5) is 4.32. The molecule has 3 rings (SSSR count). The summed E-state index contributed by atoms with van der Waals surface area (Å²) in [5.74, 6) is 1.61. The first-order valence-electron chi connectivity index (χ1n) is 6.61. The molecule has 1 unspecified atom stereocenters. The van der Waals surface area contributed by atoms with E-state index in [2.05, 4.69) is 4.98 Å². The molecular weight excluding hydrogens is 248 g/mol. The van der Waals surface area contributed by atoms with Crippen LogP contribution in [0.2, 0.25) is 0 Å². The monoisotopic (exact) mass is 264 g/mol. The van der Waals surface area contributed by atoms with Gasteiger partial charge >= 0.3 is 0 Å². The molecule has 100 valence electrons. The van der Waals surface area contributed by atoms with Gasteiger partial charge in [0.05, 0.1) is 5.52 Å². The highest BCUT2D eigenvalue weighted by Crippen LogP contribution is 2.29. The summed E-state index contributed by atoms with van der Waals surface area (Å²) in [5.41, 5.74) is 7.86. The molecule has 0 aliphatic carbocycles. The van der Waals surface area contributed by atoms with Crippen molar-refractivity contribution in [1.29, 1.82) is 0 Å². The maximum absolute atomic E-state index is 5.95. The van der Waals surface area contributed by atoms with Crippen LogP contribution in [0.3, 0.4) is 0 Å². The minimum Gasteiger partial charge on any atom is -0.457 e. The molecule has 3 nitrogen and oxygen atoms in total. The zero-order valence-electron chi connectivity index (χ0n) is 11.3. The smallest absolute Gasteiger partial charge is 0.136 e. The van der Waals surface area contributed by atoms with Crippen LogP contribution in [0.4, 0.5) is 0 Å². The normalized spacial score (nSPS) is 12.3. The second kappa shape index (κ2) is 5.31. The van der Waals surface area contributed by atoms with E-state index in [0.29, 0.717) is 0 Å². The van der Waals surface area contributed by atoms with Gasteiger partial charge in [-0.15, -0.1) is 0 Å². The highest BCUT2D eigenvalue weighted by molar-refractivity contribution is 5.85. The molecule has 1 aromatic heterocycles. The Labute approximate surface area is 118 Å². The third kappa shape index (κ3) is 2.49. The summed E-state index contributed by atoms with van der Waals surface area (Å²) in [5, 5.41) is 1.01. The molecule has 0 radical (unpaired) electrons. The summed E-state index contributed by atoms with van der Waals surface area (Å²) in [6, 6.07) is 17.7. The number of ether oxygens (including phenoxy) is 1. The fourth-order valence-electron chi connectivity index (χ4n) is 2.13. The van der Waals surface area contributed by atoms with Crippen LogP contribution in [0.15, 0.2) is 60.8 Å². The average Bonchev–Trinajstić information content (AvgIpc) is 2.48. The van der Waals surface area contributed by atoms with E-state index in [1.807, 2.05) is 61.5 Å². The van der Waals surface area contributed by atoms with Crippen LogP contribution in [0.5, 0.6) is 11.5 Å². The number of nitrogens with two attached hydrogens (primary N) is 1. The lowest BCUT2D eigenvalue weighted by atomic mass is 10.1. The van der Waals surface area contributed by atoms with Crippen molar-refractivity contribution >= 4 is 10.9 Å².